The predicted octanol–water partition coefficient (Wildman–Crippen LogP) is 2.82. The molecule has 0 heterocycles. The molecule has 0 saturated heterocycles. The Labute approximate surface area is 124 Å². The van der Waals surface area contributed by atoms with Crippen molar-refractivity contribution < 1.29 is 14.7 Å². The molecule has 0 spiro atoms. The van der Waals surface area contributed by atoms with Crippen LogP contribution in [0.25, 0.3) is 0 Å². The molecule has 0 aliphatic heterocycles. The van der Waals surface area contributed by atoms with E-state index >= 15 is 0 Å². The first-order valence-electron chi connectivity index (χ1n) is 6.86. The number of aliphatic hydroxyl groups is 1. The lowest BCUT2D eigenvalue weighted by molar-refractivity contribution is 0.0674. The molecule has 4 nitrogen and oxygen atoms in total. The molecule has 0 saturated carbocycles. The molecule has 0 aliphatic rings. The van der Waals surface area contributed by atoms with Crippen LogP contribution in [0.3, 0.4) is 0 Å². The average molecular weight is 285 g/mol. The van der Waals surface area contributed by atoms with Crippen molar-refractivity contribution in [2.45, 2.75) is 19.6 Å². The van der Waals surface area contributed by atoms with E-state index in [0.717, 1.165) is 17.5 Å². The van der Waals surface area contributed by atoms with Gasteiger partial charge >= 0.3 is 0 Å². The lowest BCUT2D eigenvalue weighted by atomic mass is 10.2. The van der Waals surface area contributed by atoms with Gasteiger partial charge in [-0.1, -0.05) is 30.3 Å². The standard InChI is InChI=1S/C17H19NO3/c1-14(20)11-18(17-9-7-15(12-19)8-10-17)21-13-16-5-3-2-4-6-16/h2-10,12,14,20H,11,13H2,1H3. The van der Waals surface area contributed by atoms with Crippen LogP contribution in [0.4, 0.5) is 5.69 Å². The number of benzene rings is 2. The number of aldehydes is 1. The summed E-state index contributed by atoms with van der Waals surface area (Å²) in [5.74, 6) is 0. The van der Waals surface area contributed by atoms with Gasteiger partial charge in [0.1, 0.15) is 6.29 Å². The van der Waals surface area contributed by atoms with Gasteiger partial charge in [-0.3, -0.25) is 14.7 Å². The third-order valence-electron chi connectivity index (χ3n) is 2.98. The number of hydrogen-bond acceptors (Lipinski definition) is 4. The molecule has 4 heteroatoms. The summed E-state index contributed by atoms with van der Waals surface area (Å²) in [6, 6.07) is 16.9. The number of aliphatic hydroxyl groups excluding tert-OH is 1. The Morgan fingerprint density at radius 1 is 1.14 bits per heavy atom. The van der Waals surface area contributed by atoms with Crippen molar-refractivity contribution in [1.29, 1.82) is 0 Å². The summed E-state index contributed by atoms with van der Waals surface area (Å²) in [6.45, 7) is 2.48. The van der Waals surface area contributed by atoms with E-state index in [4.69, 9.17) is 4.84 Å². The molecule has 0 radical (unpaired) electrons. The number of anilines is 1. The van der Waals surface area contributed by atoms with Crippen molar-refractivity contribution in [3.63, 3.8) is 0 Å². The van der Waals surface area contributed by atoms with Gasteiger partial charge in [-0.25, -0.2) is 0 Å². The Hall–Kier alpha value is -2.17. The minimum atomic E-state index is -0.522. The second kappa shape index (κ2) is 7.57. The first kappa shape index (κ1) is 15.2. The molecule has 2 aromatic rings. The molecule has 2 aromatic carbocycles. The van der Waals surface area contributed by atoms with E-state index in [9.17, 15) is 9.90 Å². The lowest BCUT2D eigenvalue weighted by Gasteiger charge is -2.25. The fraction of sp³-hybridized carbons (Fsp3) is 0.235. The Morgan fingerprint density at radius 3 is 2.38 bits per heavy atom. The summed E-state index contributed by atoms with van der Waals surface area (Å²) in [6.07, 6.45) is 0.277. The van der Waals surface area contributed by atoms with E-state index in [0.29, 0.717) is 18.7 Å². The van der Waals surface area contributed by atoms with E-state index in [-0.39, 0.29) is 0 Å². The van der Waals surface area contributed by atoms with Crippen molar-refractivity contribution in [2.24, 2.45) is 0 Å². The zero-order valence-corrected chi connectivity index (χ0v) is 12.0. The summed E-state index contributed by atoms with van der Waals surface area (Å²) in [4.78, 5) is 16.5. The van der Waals surface area contributed by atoms with Crippen molar-refractivity contribution in [1.82, 2.24) is 0 Å². The van der Waals surface area contributed by atoms with E-state index < -0.39 is 6.10 Å². The van der Waals surface area contributed by atoms with Crippen LogP contribution >= 0.6 is 0 Å². The van der Waals surface area contributed by atoms with Gasteiger partial charge in [-0.2, -0.15) is 0 Å². The Morgan fingerprint density at radius 2 is 1.81 bits per heavy atom. The maximum atomic E-state index is 10.7. The number of rotatable bonds is 7. The van der Waals surface area contributed by atoms with E-state index in [1.807, 2.05) is 30.3 Å². The van der Waals surface area contributed by atoms with E-state index in [1.165, 1.54) is 0 Å². The molecule has 0 bridgehead atoms. The molecule has 21 heavy (non-hydrogen) atoms. The van der Waals surface area contributed by atoms with Gasteiger partial charge in [0.2, 0.25) is 0 Å². The van der Waals surface area contributed by atoms with Crippen LogP contribution in [0, 0.1) is 0 Å². The fourth-order valence-electron chi connectivity index (χ4n) is 1.92. The Kier molecular flexibility index (Phi) is 5.49. The molecular weight excluding hydrogens is 266 g/mol. The van der Waals surface area contributed by atoms with Crippen LogP contribution in [0.15, 0.2) is 54.6 Å². The minimum absolute atomic E-state index is 0.354. The molecule has 1 N–H and O–H groups in total. The molecule has 0 fully saturated rings. The van der Waals surface area contributed by atoms with Crippen LogP contribution < -0.4 is 5.06 Å². The summed E-state index contributed by atoms with van der Waals surface area (Å²) in [7, 11) is 0. The van der Waals surface area contributed by atoms with Crippen molar-refractivity contribution in [3.8, 4) is 0 Å². The lowest BCUT2D eigenvalue weighted by Crippen LogP contribution is -2.31. The fourth-order valence-corrected chi connectivity index (χ4v) is 1.92. The van der Waals surface area contributed by atoms with Gasteiger partial charge in [0.05, 0.1) is 24.9 Å². The highest BCUT2D eigenvalue weighted by Gasteiger charge is 2.10. The molecular formula is C17H19NO3. The first-order valence-corrected chi connectivity index (χ1v) is 6.86. The summed E-state index contributed by atoms with van der Waals surface area (Å²) < 4.78 is 0. The van der Waals surface area contributed by atoms with Gasteiger partial charge in [-0.05, 0) is 36.8 Å². The van der Waals surface area contributed by atoms with Crippen molar-refractivity contribution in [2.75, 3.05) is 11.6 Å². The summed E-state index contributed by atoms with van der Waals surface area (Å²) in [5, 5.41) is 11.2. The molecule has 2 rings (SSSR count). The zero-order valence-electron chi connectivity index (χ0n) is 12.0. The number of nitrogens with zero attached hydrogens (tertiary/aromatic N) is 1. The van der Waals surface area contributed by atoms with Gasteiger partial charge in [-0.15, -0.1) is 0 Å². The molecule has 1 unspecified atom stereocenters. The van der Waals surface area contributed by atoms with Crippen LogP contribution in [-0.2, 0) is 11.4 Å². The van der Waals surface area contributed by atoms with Gasteiger partial charge in [0.15, 0.2) is 0 Å². The minimum Gasteiger partial charge on any atom is -0.391 e. The van der Waals surface area contributed by atoms with E-state index in [1.54, 1.807) is 36.3 Å². The quantitative estimate of drug-likeness (QED) is 0.628. The van der Waals surface area contributed by atoms with Crippen LogP contribution in [-0.4, -0.2) is 24.0 Å². The maximum Gasteiger partial charge on any atom is 0.150 e. The Balaban J connectivity index is 2.07. The van der Waals surface area contributed by atoms with Gasteiger partial charge in [0.25, 0.3) is 0 Å². The van der Waals surface area contributed by atoms with E-state index in [2.05, 4.69) is 0 Å². The van der Waals surface area contributed by atoms with Gasteiger partial charge < -0.3 is 5.11 Å². The average Bonchev–Trinajstić information content (AvgIpc) is 2.52. The largest absolute Gasteiger partial charge is 0.391 e. The number of carbonyl (C=O) groups excluding carboxylic acids is 1. The van der Waals surface area contributed by atoms with Gasteiger partial charge in [0, 0.05) is 5.56 Å². The zero-order chi connectivity index (χ0) is 15.1. The van der Waals surface area contributed by atoms with Crippen LogP contribution in [0.5, 0.6) is 0 Å². The molecule has 110 valence electrons. The van der Waals surface area contributed by atoms with Crippen molar-refractivity contribution in [3.05, 3.63) is 65.7 Å². The third-order valence-corrected chi connectivity index (χ3v) is 2.98. The number of hydroxylamine groups is 1. The maximum absolute atomic E-state index is 10.7. The van der Waals surface area contributed by atoms with Crippen LogP contribution in [0.2, 0.25) is 0 Å². The first-order chi connectivity index (χ1) is 10.2. The molecule has 0 aliphatic carbocycles. The summed E-state index contributed by atoms with van der Waals surface area (Å²) in [5.41, 5.74) is 2.47. The highest BCUT2D eigenvalue weighted by atomic mass is 16.7. The summed E-state index contributed by atoms with van der Waals surface area (Å²) >= 11 is 0. The highest BCUT2D eigenvalue weighted by Crippen LogP contribution is 2.17. The molecule has 1 atom stereocenters. The second-order valence-corrected chi connectivity index (χ2v) is 4.88. The second-order valence-electron chi connectivity index (χ2n) is 4.88. The highest BCUT2D eigenvalue weighted by molar-refractivity contribution is 5.75. The number of carbonyl (C=O) groups is 1. The van der Waals surface area contributed by atoms with Crippen molar-refractivity contribution >= 4 is 12.0 Å². The third kappa shape index (κ3) is 4.70. The molecule has 0 aromatic heterocycles. The SMILES string of the molecule is CC(O)CN(OCc1ccccc1)c1ccc(C=O)cc1. The molecule has 0 amide bonds. The number of hydrogen-bond donors (Lipinski definition) is 1. The monoisotopic (exact) mass is 285 g/mol. The topological polar surface area (TPSA) is 49.8 Å². The Bertz CT molecular complexity index is 552. The smallest absolute Gasteiger partial charge is 0.150 e. The normalized spacial score (nSPS) is 11.9. The van der Waals surface area contributed by atoms with Crippen LogP contribution in [0.1, 0.15) is 22.8 Å². The predicted molar refractivity (Wildman–Crippen MR) is 82.1 cm³/mol.